The van der Waals surface area contributed by atoms with E-state index in [1.54, 1.807) is 0 Å². The van der Waals surface area contributed by atoms with Gasteiger partial charge in [-0.1, -0.05) is 84.3 Å². The van der Waals surface area contributed by atoms with E-state index in [-0.39, 0.29) is 6.42 Å². The molecule has 0 rings (SSSR count). The maximum Gasteiger partial charge on any atom is 0.306 e. The molecule has 6 nitrogen and oxygen atoms in total. The van der Waals surface area contributed by atoms with Crippen LogP contribution in [0.2, 0.25) is 0 Å². The molecule has 0 aliphatic heterocycles. The second-order valence-electron chi connectivity index (χ2n) is 10.4. The van der Waals surface area contributed by atoms with Crippen molar-refractivity contribution < 1.29 is 30.0 Å². The van der Waals surface area contributed by atoms with Gasteiger partial charge in [0.2, 0.25) is 0 Å². The van der Waals surface area contributed by atoms with Crippen LogP contribution in [-0.4, -0.2) is 57.9 Å². The molecule has 5 unspecified atom stereocenters. The Balaban J connectivity index is 3.86. The highest BCUT2D eigenvalue weighted by molar-refractivity contribution is 5.69. The summed E-state index contributed by atoms with van der Waals surface area (Å²) >= 11 is 0. The normalized spacial score (nSPS) is 17.0. The largest absolute Gasteiger partial charge is 0.463 e. The molecule has 0 heterocycles. The second-order valence-corrected chi connectivity index (χ2v) is 10.4. The summed E-state index contributed by atoms with van der Waals surface area (Å²) in [4.78, 5) is 11.8. The molecule has 33 heavy (non-hydrogen) atoms. The minimum atomic E-state index is -1.55. The molecular formula is C27H52O6. The van der Waals surface area contributed by atoms with Crippen LogP contribution in [0.5, 0.6) is 0 Å². The van der Waals surface area contributed by atoms with E-state index in [2.05, 4.69) is 40.7 Å². The Morgan fingerprint density at radius 3 is 1.91 bits per heavy atom. The van der Waals surface area contributed by atoms with Crippen molar-refractivity contribution in [3.8, 4) is 0 Å². The average Bonchev–Trinajstić information content (AvgIpc) is 2.76. The number of esters is 1. The quantitative estimate of drug-likeness (QED) is 0.150. The van der Waals surface area contributed by atoms with E-state index in [1.807, 2.05) is 0 Å². The zero-order valence-corrected chi connectivity index (χ0v) is 21.8. The third-order valence-electron chi connectivity index (χ3n) is 6.37. The lowest BCUT2D eigenvalue weighted by atomic mass is 9.91. The van der Waals surface area contributed by atoms with Crippen LogP contribution in [0.4, 0.5) is 0 Å². The first-order chi connectivity index (χ1) is 15.6. The van der Waals surface area contributed by atoms with Crippen LogP contribution in [0.3, 0.4) is 0 Å². The molecule has 0 amide bonds. The molecule has 0 aliphatic rings. The Bertz CT molecular complexity index is 519. The van der Waals surface area contributed by atoms with Gasteiger partial charge < -0.3 is 25.2 Å². The second kappa shape index (κ2) is 19.4. The lowest BCUT2D eigenvalue weighted by molar-refractivity contribution is -0.152. The SMILES string of the molecule is CC(=CCCC(=O)OCC(O)C(O)C(O)CO)CCCC(C)CCCC(C)CCCC(C)C. The molecular weight excluding hydrogens is 420 g/mol. The predicted molar refractivity (Wildman–Crippen MR) is 134 cm³/mol. The molecule has 0 aromatic rings. The van der Waals surface area contributed by atoms with E-state index in [4.69, 9.17) is 9.84 Å². The fourth-order valence-corrected chi connectivity index (χ4v) is 3.96. The van der Waals surface area contributed by atoms with Gasteiger partial charge in [-0.3, -0.25) is 4.79 Å². The number of carbonyl (C=O) groups excluding carboxylic acids is 1. The first-order valence-corrected chi connectivity index (χ1v) is 13.0. The van der Waals surface area contributed by atoms with Crippen molar-refractivity contribution in [1.82, 2.24) is 0 Å². The topological polar surface area (TPSA) is 107 Å². The zero-order chi connectivity index (χ0) is 25.2. The van der Waals surface area contributed by atoms with Gasteiger partial charge in [-0.05, 0) is 43.9 Å². The molecule has 0 aromatic heterocycles. The number of allylic oxidation sites excluding steroid dienone is 2. The van der Waals surface area contributed by atoms with Gasteiger partial charge in [0.1, 0.15) is 24.9 Å². The Labute approximate surface area is 202 Å². The fourth-order valence-electron chi connectivity index (χ4n) is 3.96. The summed E-state index contributed by atoms with van der Waals surface area (Å²) in [5.41, 5.74) is 1.27. The van der Waals surface area contributed by atoms with E-state index < -0.39 is 37.5 Å². The third kappa shape index (κ3) is 18.1. The van der Waals surface area contributed by atoms with Crippen LogP contribution in [0.1, 0.15) is 105 Å². The summed E-state index contributed by atoms with van der Waals surface area (Å²) in [5, 5.41) is 37.2. The minimum absolute atomic E-state index is 0.203. The Kier molecular flexibility index (Phi) is 18.8. The molecule has 0 saturated carbocycles. The molecule has 6 heteroatoms. The predicted octanol–water partition coefficient (Wildman–Crippen LogP) is 4.77. The number of carbonyl (C=O) groups is 1. The maximum atomic E-state index is 11.8. The number of rotatable bonds is 20. The van der Waals surface area contributed by atoms with Crippen molar-refractivity contribution in [3.63, 3.8) is 0 Å². The van der Waals surface area contributed by atoms with Gasteiger partial charge in [0, 0.05) is 6.42 Å². The van der Waals surface area contributed by atoms with Gasteiger partial charge in [0.05, 0.1) is 6.61 Å². The summed E-state index contributed by atoms with van der Waals surface area (Å²) in [5.74, 6) is 1.95. The molecule has 0 spiro atoms. The van der Waals surface area contributed by atoms with E-state index in [0.717, 1.165) is 30.6 Å². The summed E-state index contributed by atoms with van der Waals surface area (Å²) in [7, 11) is 0. The van der Waals surface area contributed by atoms with Gasteiger partial charge in [-0.2, -0.15) is 0 Å². The van der Waals surface area contributed by atoms with Gasteiger partial charge >= 0.3 is 5.97 Å². The third-order valence-corrected chi connectivity index (χ3v) is 6.37. The highest BCUT2D eigenvalue weighted by Gasteiger charge is 2.25. The summed E-state index contributed by atoms with van der Waals surface area (Å²) in [6.07, 6.45) is 9.87. The van der Waals surface area contributed by atoms with E-state index in [1.165, 1.54) is 50.5 Å². The van der Waals surface area contributed by atoms with Crippen molar-refractivity contribution in [3.05, 3.63) is 11.6 Å². The zero-order valence-electron chi connectivity index (χ0n) is 21.8. The Morgan fingerprint density at radius 2 is 1.36 bits per heavy atom. The smallest absolute Gasteiger partial charge is 0.306 e. The van der Waals surface area contributed by atoms with Crippen molar-refractivity contribution in [2.24, 2.45) is 17.8 Å². The van der Waals surface area contributed by atoms with Crippen LogP contribution in [0.25, 0.3) is 0 Å². The van der Waals surface area contributed by atoms with Crippen molar-refractivity contribution in [2.75, 3.05) is 13.2 Å². The highest BCUT2D eigenvalue weighted by Crippen LogP contribution is 2.22. The molecule has 4 N–H and O–H groups in total. The minimum Gasteiger partial charge on any atom is -0.463 e. The van der Waals surface area contributed by atoms with Crippen LogP contribution < -0.4 is 0 Å². The van der Waals surface area contributed by atoms with E-state index >= 15 is 0 Å². The summed E-state index contributed by atoms with van der Waals surface area (Å²) < 4.78 is 4.93. The molecule has 0 saturated heterocycles. The highest BCUT2D eigenvalue weighted by atomic mass is 16.5. The van der Waals surface area contributed by atoms with Gasteiger partial charge in [-0.15, -0.1) is 0 Å². The first kappa shape index (κ1) is 32.0. The molecule has 0 radical (unpaired) electrons. The summed E-state index contributed by atoms with van der Waals surface area (Å²) in [6, 6.07) is 0. The lowest BCUT2D eigenvalue weighted by Crippen LogP contribution is -2.42. The first-order valence-electron chi connectivity index (χ1n) is 13.0. The number of ether oxygens (including phenoxy) is 1. The molecule has 0 bridgehead atoms. The monoisotopic (exact) mass is 472 g/mol. The number of aliphatic hydroxyl groups is 4. The molecule has 5 atom stereocenters. The van der Waals surface area contributed by atoms with Gasteiger partial charge in [-0.25, -0.2) is 0 Å². The lowest BCUT2D eigenvalue weighted by Gasteiger charge is -2.21. The Morgan fingerprint density at radius 1 is 0.818 bits per heavy atom. The van der Waals surface area contributed by atoms with Gasteiger partial charge in [0.15, 0.2) is 0 Å². The van der Waals surface area contributed by atoms with Crippen molar-refractivity contribution in [2.45, 2.75) is 124 Å². The van der Waals surface area contributed by atoms with Crippen LogP contribution in [0, 0.1) is 17.8 Å². The molecule has 0 aliphatic carbocycles. The van der Waals surface area contributed by atoms with Crippen LogP contribution in [-0.2, 0) is 9.53 Å². The molecule has 0 aromatic carbocycles. The molecule has 0 fully saturated rings. The van der Waals surface area contributed by atoms with E-state index in [0.29, 0.717) is 6.42 Å². The van der Waals surface area contributed by atoms with E-state index in [9.17, 15) is 20.1 Å². The molecule has 196 valence electrons. The van der Waals surface area contributed by atoms with Crippen molar-refractivity contribution in [1.29, 1.82) is 0 Å². The fraction of sp³-hybridized carbons (Fsp3) is 0.889. The average molecular weight is 473 g/mol. The number of hydrogen-bond acceptors (Lipinski definition) is 6. The number of hydrogen-bond donors (Lipinski definition) is 4. The maximum absolute atomic E-state index is 11.8. The number of aliphatic hydroxyl groups excluding tert-OH is 4. The van der Waals surface area contributed by atoms with Crippen molar-refractivity contribution >= 4 is 5.97 Å². The van der Waals surface area contributed by atoms with Crippen LogP contribution in [0.15, 0.2) is 11.6 Å². The van der Waals surface area contributed by atoms with Gasteiger partial charge in [0.25, 0.3) is 0 Å². The summed E-state index contributed by atoms with van der Waals surface area (Å²) in [6.45, 7) is 10.3. The standard InChI is InChI=1S/C27H52O6/c1-20(2)10-6-11-21(3)12-7-13-22(4)14-8-15-23(5)16-9-17-26(31)33-19-25(30)27(32)24(29)18-28/h16,20-22,24-25,27-30,32H,6-15,17-19H2,1-5H3. The van der Waals surface area contributed by atoms with Crippen LogP contribution >= 0.6 is 0 Å². The Hall–Kier alpha value is -0.950.